The lowest BCUT2D eigenvalue weighted by Gasteiger charge is -2.35. The van der Waals surface area contributed by atoms with Crippen LogP contribution in [0.4, 0.5) is 0 Å². The highest BCUT2D eigenvalue weighted by Gasteiger charge is 2.22. The molecule has 1 rings (SSSR count). The SMILES string of the molecule is CC(C)CN1CCOCC1CCl. The van der Waals surface area contributed by atoms with Crippen LogP contribution in [0, 0.1) is 5.92 Å². The Morgan fingerprint density at radius 3 is 2.92 bits per heavy atom. The molecule has 1 aliphatic heterocycles. The van der Waals surface area contributed by atoms with Crippen LogP contribution in [0.15, 0.2) is 0 Å². The molecule has 72 valence electrons. The Balaban J connectivity index is 2.36. The second-order valence-corrected chi connectivity index (χ2v) is 4.08. The summed E-state index contributed by atoms with van der Waals surface area (Å²) in [6, 6.07) is 0.433. The molecule has 3 heteroatoms. The molecule has 0 aliphatic carbocycles. The van der Waals surface area contributed by atoms with Crippen LogP contribution in [-0.4, -0.2) is 43.1 Å². The first-order valence-corrected chi connectivity index (χ1v) is 5.15. The zero-order chi connectivity index (χ0) is 8.97. The minimum atomic E-state index is 0.433. The Morgan fingerprint density at radius 2 is 2.33 bits per heavy atom. The number of morpholine rings is 1. The van der Waals surface area contributed by atoms with E-state index in [2.05, 4.69) is 18.7 Å². The predicted octanol–water partition coefficient (Wildman–Crippen LogP) is 1.58. The van der Waals surface area contributed by atoms with Gasteiger partial charge in [0.15, 0.2) is 0 Å². The van der Waals surface area contributed by atoms with Gasteiger partial charge in [-0.05, 0) is 5.92 Å². The molecular weight excluding hydrogens is 174 g/mol. The van der Waals surface area contributed by atoms with Gasteiger partial charge in [0.2, 0.25) is 0 Å². The number of alkyl halides is 1. The molecule has 0 aromatic rings. The lowest BCUT2D eigenvalue weighted by atomic mass is 10.1. The van der Waals surface area contributed by atoms with Gasteiger partial charge in [0.25, 0.3) is 0 Å². The van der Waals surface area contributed by atoms with Crippen molar-refractivity contribution < 1.29 is 4.74 Å². The summed E-state index contributed by atoms with van der Waals surface area (Å²) in [6.45, 7) is 8.31. The minimum Gasteiger partial charge on any atom is -0.378 e. The molecule has 12 heavy (non-hydrogen) atoms. The van der Waals surface area contributed by atoms with Crippen molar-refractivity contribution in [1.29, 1.82) is 0 Å². The molecule has 0 aromatic heterocycles. The van der Waals surface area contributed by atoms with Crippen molar-refractivity contribution >= 4 is 11.6 Å². The molecule has 1 heterocycles. The standard InChI is InChI=1S/C9H18ClNO/c1-8(2)6-11-3-4-12-7-9(11)5-10/h8-9H,3-7H2,1-2H3. The third kappa shape index (κ3) is 2.92. The highest BCUT2D eigenvalue weighted by atomic mass is 35.5. The molecule has 1 aliphatic rings. The lowest BCUT2D eigenvalue weighted by Crippen LogP contribution is -2.47. The van der Waals surface area contributed by atoms with Crippen LogP contribution in [-0.2, 0) is 4.74 Å². The Labute approximate surface area is 79.8 Å². The van der Waals surface area contributed by atoms with E-state index in [0.29, 0.717) is 17.8 Å². The van der Waals surface area contributed by atoms with Gasteiger partial charge in [-0.15, -0.1) is 11.6 Å². The van der Waals surface area contributed by atoms with Crippen molar-refractivity contribution in [3.8, 4) is 0 Å². The van der Waals surface area contributed by atoms with Crippen molar-refractivity contribution in [2.45, 2.75) is 19.9 Å². The van der Waals surface area contributed by atoms with Crippen LogP contribution in [0.3, 0.4) is 0 Å². The first kappa shape index (κ1) is 10.3. The van der Waals surface area contributed by atoms with Gasteiger partial charge < -0.3 is 4.74 Å². The molecule has 0 aromatic carbocycles. The van der Waals surface area contributed by atoms with E-state index in [4.69, 9.17) is 16.3 Å². The van der Waals surface area contributed by atoms with Gasteiger partial charge in [-0.1, -0.05) is 13.8 Å². The summed E-state index contributed by atoms with van der Waals surface area (Å²) in [7, 11) is 0. The molecule has 1 saturated heterocycles. The summed E-state index contributed by atoms with van der Waals surface area (Å²) < 4.78 is 5.36. The van der Waals surface area contributed by atoms with Gasteiger partial charge in [0.1, 0.15) is 0 Å². The molecule has 0 N–H and O–H groups in total. The maximum atomic E-state index is 5.84. The molecule has 0 radical (unpaired) electrons. The molecule has 0 amide bonds. The van der Waals surface area contributed by atoms with Crippen LogP contribution in [0.25, 0.3) is 0 Å². The third-order valence-corrected chi connectivity index (χ3v) is 2.48. The largest absolute Gasteiger partial charge is 0.378 e. The monoisotopic (exact) mass is 191 g/mol. The maximum Gasteiger partial charge on any atom is 0.0634 e. The second kappa shape index (κ2) is 5.05. The molecule has 2 nitrogen and oxygen atoms in total. The Kier molecular flexibility index (Phi) is 4.33. The Bertz CT molecular complexity index is 130. The van der Waals surface area contributed by atoms with E-state index in [0.717, 1.165) is 26.3 Å². The van der Waals surface area contributed by atoms with Gasteiger partial charge in [-0.3, -0.25) is 4.90 Å². The van der Waals surface area contributed by atoms with Crippen LogP contribution in [0.2, 0.25) is 0 Å². The highest BCUT2D eigenvalue weighted by Crippen LogP contribution is 2.10. The smallest absolute Gasteiger partial charge is 0.0634 e. The normalized spacial score (nSPS) is 26.5. The van der Waals surface area contributed by atoms with E-state index in [1.807, 2.05) is 0 Å². The van der Waals surface area contributed by atoms with Crippen LogP contribution < -0.4 is 0 Å². The van der Waals surface area contributed by atoms with Crippen molar-refractivity contribution in [1.82, 2.24) is 4.90 Å². The first-order valence-electron chi connectivity index (χ1n) is 4.61. The number of halogens is 1. The van der Waals surface area contributed by atoms with E-state index in [-0.39, 0.29) is 0 Å². The number of ether oxygens (including phenoxy) is 1. The fourth-order valence-corrected chi connectivity index (χ4v) is 1.82. The zero-order valence-electron chi connectivity index (χ0n) is 7.92. The van der Waals surface area contributed by atoms with E-state index in [9.17, 15) is 0 Å². The molecular formula is C9H18ClNO. The number of hydrogen-bond donors (Lipinski definition) is 0. The summed E-state index contributed by atoms with van der Waals surface area (Å²) in [5, 5.41) is 0. The summed E-state index contributed by atoms with van der Waals surface area (Å²) in [6.07, 6.45) is 0. The molecule has 1 unspecified atom stereocenters. The van der Waals surface area contributed by atoms with E-state index < -0.39 is 0 Å². The summed E-state index contributed by atoms with van der Waals surface area (Å²) in [5.41, 5.74) is 0. The van der Waals surface area contributed by atoms with E-state index in [1.165, 1.54) is 0 Å². The van der Waals surface area contributed by atoms with Crippen molar-refractivity contribution in [3.05, 3.63) is 0 Å². The fourth-order valence-electron chi connectivity index (χ4n) is 1.54. The van der Waals surface area contributed by atoms with Crippen molar-refractivity contribution in [2.75, 3.05) is 32.2 Å². The molecule has 1 atom stereocenters. The zero-order valence-corrected chi connectivity index (χ0v) is 8.68. The second-order valence-electron chi connectivity index (χ2n) is 3.77. The summed E-state index contributed by atoms with van der Waals surface area (Å²) in [5.74, 6) is 1.40. The average molecular weight is 192 g/mol. The van der Waals surface area contributed by atoms with Gasteiger partial charge in [0, 0.05) is 25.0 Å². The van der Waals surface area contributed by atoms with Gasteiger partial charge >= 0.3 is 0 Å². The summed E-state index contributed by atoms with van der Waals surface area (Å²) >= 11 is 5.84. The first-order chi connectivity index (χ1) is 5.74. The molecule has 0 bridgehead atoms. The minimum absolute atomic E-state index is 0.433. The predicted molar refractivity (Wildman–Crippen MR) is 51.7 cm³/mol. The molecule has 0 saturated carbocycles. The molecule has 1 fully saturated rings. The highest BCUT2D eigenvalue weighted by molar-refractivity contribution is 6.18. The Morgan fingerprint density at radius 1 is 1.58 bits per heavy atom. The van der Waals surface area contributed by atoms with Crippen LogP contribution in [0.1, 0.15) is 13.8 Å². The number of nitrogens with zero attached hydrogens (tertiary/aromatic N) is 1. The van der Waals surface area contributed by atoms with E-state index >= 15 is 0 Å². The van der Waals surface area contributed by atoms with E-state index in [1.54, 1.807) is 0 Å². The topological polar surface area (TPSA) is 12.5 Å². The molecule has 0 spiro atoms. The van der Waals surface area contributed by atoms with Crippen molar-refractivity contribution in [3.63, 3.8) is 0 Å². The Hall–Kier alpha value is 0.210. The van der Waals surface area contributed by atoms with Crippen LogP contribution in [0.5, 0.6) is 0 Å². The average Bonchev–Trinajstić information content (AvgIpc) is 2.04. The summed E-state index contributed by atoms with van der Waals surface area (Å²) in [4.78, 5) is 2.43. The van der Waals surface area contributed by atoms with Gasteiger partial charge in [0.05, 0.1) is 13.2 Å². The fraction of sp³-hybridized carbons (Fsp3) is 1.00. The lowest BCUT2D eigenvalue weighted by molar-refractivity contribution is -0.00386. The van der Waals surface area contributed by atoms with Crippen molar-refractivity contribution in [2.24, 2.45) is 5.92 Å². The number of rotatable bonds is 3. The van der Waals surface area contributed by atoms with Gasteiger partial charge in [-0.2, -0.15) is 0 Å². The third-order valence-electron chi connectivity index (χ3n) is 2.13. The van der Waals surface area contributed by atoms with Crippen LogP contribution >= 0.6 is 11.6 Å². The number of hydrogen-bond acceptors (Lipinski definition) is 2. The maximum absolute atomic E-state index is 5.84. The van der Waals surface area contributed by atoms with Gasteiger partial charge in [-0.25, -0.2) is 0 Å². The quantitative estimate of drug-likeness (QED) is 0.629.